The highest BCUT2D eigenvalue weighted by atomic mass is 19.1. The Kier molecular flexibility index (Phi) is 3.48. The molecule has 1 unspecified atom stereocenters. The molecule has 1 N–H and O–H groups in total. The highest BCUT2D eigenvalue weighted by Crippen LogP contribution is 2.27. The van der Waals surface area contributed by atoms with Crippen molar-refractivity contribution in [3.63, 3.8) is 0 Å². The molecule has 0 aliphatic carbocycles. The summed E-state index contributed by atoms with van der Waals surface area (Å²) in [4.78, 5) is 4.15. The molecule has 0 radical (unpaired) electrons. The first kappa shape index (κ1) is 12.8. The van der Waals surface area contributed by atoms with Gasteiger partial charge in [0.15, 0.2) is 0 Å². The Hall–Kier alpha value is -2.20. The quantitative estimate of drug-likeness (QED) is 0.786. The summed E-state index contributed by atoms with van der Waals surface area (Å²) in [5, 5.41) is 4.37. The monoisotopic (exact) mass is 270 g/mol. The Labute approximate surface area is 116 Å². The molecule has 0 bridgehead atoms. The highest BCUT2D eigenvalue weighted by Gasteiger charge is 2.18. The van der Waals surface area contributed by atoms with Crippen LogP contribution in [-0.4, -0.2) is 11.5 Å². The number of hydrogen-bond donors (Lipinski definition) is 1. The van der Waals surface area contributed by atoms with Crippen molar-refractivity contribution in [2.75, 3.05) is 6.54 Å². The van der Waals surface area contributed by atoms with Gasteiger partial charge in [0.25, 0.3) is 0 Å². The third kappa shape index (κ3) is 2.42. The molecule has 0 aliphatic heterocycles. The van der Waals surface area contributed by atoms with Crippen LogP contribution in [0.2, 0.25) is 0 Å². The number of halogens is 1. The molecule has 102 valence electrons. The number of fused-ring (bicyclic) bond motifs is 1. The zero-order valence-corrected chi connectivity index (χ0v) is 11.1. The van der Waals surface area contributed by atoms with Crippen LogP contribution in [0.5, 0.6) is 0 Å². The number of nitrogens with one attached hydrogen (secondary N) is 1. The maximum absolute atomic E-state index is 13.0. The first-order valence-electron chi connectivity index (χ1n) is 6.61. The van der Waals surface area contributed by atoms with Crippen LogP contribution in [0.3, 0.4) is 0 Å². The van der Waals surface area contributed by atoms with Crippen molar-refractivity contribution in [2.24, 2.45) is 0 Å². The van der Waals surface area contributed by atoms with E-state index in [0.717, 1.165) is 29.0 Å². The summed E-state index contributed by atoms with van der Waals surface area (Å²) in [5.74, 6) is 0.445. The first-order valence-corrected chi connectivity index (χ1v) is 6.61. The summed E-state index contributed by atoms with van der Waals surface area (Å²) >= 11 is 0. The molecular weight excluding hydrogens is 255 g/mol. The number of rotatable bonds is 4. The molecule has 3 rings (SSSR count). The van der Waals surface area contributed by atoms with Crippen LogP contribution < -0.4 is 5.32 Å². The Bertz CT molecular complexity index is 673. The zero-order valence-electron chi connectivity index (χ0n) is 11.1. The van der Waals surface area contributed by atoms with Crippen LogP contribution >= 0.6 is 0 Å². The fourth-order valence-corrected chi connectivity index (χ4v) is 2.26. The average molecular weight is 270 g/mol. The number of pyridine rings is 1. The van der Waals surface area contributed by atoms with Crippen LogP contribution in [0.4, 0.5) is 4.39 Å². The summed E-state index contributed by atoms with van der Waals surface area (Å²) in [6, 6.07) is 12.8. The van der Waals surface area contributed by atoms with Crippen LogP contribution in [0.1, 0.15) is 24.4 Å². The lowest BCUT2D eigenvalue weighted by molar-refractivity contribution is 0.470. The van der Waals surface area contributed by atoms with Crippen molar-refractivity contribution in [3.8, 4) is 0 Å². The second-order valence-corrected chi connectivity index (χ2v) is 4.58. The Balaban J connectivity index is 2.03. The minimum atomic E-state index is -0.339. The van der Waals surface area contributed by atoms with E-state index in [-0.39, 0.29) is 11.9 Å². The molecule has 2 aromatic heterocycles. The predicted octanol–water partition coefficient (Wildman–Crippen LogP) is 3.67. The number of nitrogens with zero attached hydrogens (tertiary/aromatic N) is 1. The normalized spacial score (nSPS) is 12.7. The maximum Gasteiger partial charge on any atom is 0.141 e. The van der Waals surface area contributed by atoms with E-state index in [2.05, 4.69) is 10.3 Å². The second-order valence-electron chi connectivity index (χ2n) is 4.58. The zero-order chi connectivity index (χ0) is 13.9. The van der Waals surface area contributed by atoms with Crippen LogP contribution in [-0.2, 0) is 0 Å². The minimum Gasteiger partial charge on any atom is -0.459 e. The largest absolute Gasteiger partial charge is 0.459 e. The van der Waals surface area contributed by atoms with E-state index in [4.69, 9.17) is 4.42 Å². The fourth-order valence-electron chi connectivity index (χ4n) is 2.26. The Morgan fingerprint density at radius 2 is 2.10 bits per heavy atom. The van der Waals surface area contributed by atoms with Gasteiger partial charge in [-0.2, -0.15) is 0 Å². The number of aromatic nitrogens is 1. The van der Waals surface area contributed by atoms with Gasteiger partial charge in [-0.15, -0.1) is 0 Å². The maximum atomic E-state index is 13.0. The van der Waals surface area contributed by atoms with E-state index in [0.29, 0.717) is 0 Å². The molecule has 0 amide bonds. The van der Waals surface area contributed by atoms with Crippen molar-refractivity contribution in [1.29, 1.82) is 0 Å². The fraction of sp³-hybridized carbons (Fsp3) is 0.188. The number of benzene rings is 1. The van der Waals surface area contributed by atoms with Gasteiger partial charge in [-0.25, -0.2) is 4.39 Å². The molecule has 3 nitrogen and oxygen atoms in total. The Morgan fingerprint density at radius 3 is 2.80 bits per heavy atom. The van der Waals surface area contributed by atoms with Gasteiger partial charge in [0.05, 0.1) is 11.9 Å². The number of para-hydroxylation sites is 1. The molecule has 2 heterocycles. The van der Waals surface area contributed by atoms with Crippen molar-refractivity contribution in [1.82, 2.24) is 10.3 Å². The Morgan fingerprint density at radius 1 is 1.25 bits per heavy atom. The lowest BCUT2D eigenvalue weighted by Gasteiger charge is -2.14. The number of furan rings is 1. The van der Waals surface area contributed by atoms with E-state index < -0.39 is 0 Å². The smallest absolute Gasteiger partial charge is 0.141 e. The number of hydrogen-bond acceptors (Lipinski definition) is 3. The van der Waals surface area contributed by atoms with E-state index in [1.165, 1.54) is 12.3 Å². The molecular formula is C16H15FN2O. The van der Waals surface area contributed by atoms with Gasteiger partial charge in [0, 0.05) is 5.39 Å². The van der Waals surface area contributed by atoms with E-state index >= 15 is 0 Å². The van der Waals surface area contributed by atoms with Crippen LogP contribution in [0.25, 0.3) is 11.0 Å². The summed E-state index contributed by atoms with van der Waals surface area (Å²) in [5.41, 5.74) is 1.58. The SMILES string of the molecule is CCNC(c1ccc(F)cn1)c1cc2ccccc2o1. The van der Waals surface area contributed by atoms with Gasteiger partial charge < -0.3 is 9.73 Å². The van der Waals surface area contributed by atoms with Gasteiger partial charge in [-0.05, 0) is 30.8 Å². The first-order chi connectivity index (χ1) is 9.78. The minimum absolute atomic E-state index is 0.173. The third-order valence-corrected chi connectivity index (χ3v) is 3.18. The molecule has 3 aromatic rings. The highest BCUT2D eigenvalue weighted by molar-refractivity contribution is 5.77. The van der Waals surface area contributed by atoms with Gasteiger partial charge >= 0.3 is 0 Å². The van der Waals surface area contributed by atoms with Crippen molar-refractivity contribution in [3.05, 3.63) is 65.9 Å². The topological polar surface area (TPSA) is 38.1 Å². The second kappa shape index (κ2) is 5.43. The van der Waals surface area contributed by atoms with Crippen molar-refractivity contribution < 1.29 is 8.81 Å². The summed E-state index contributed by atoms with van der Waals surface area (Å²) < 4.78 is 18.9. The standard InChI is InChI=1S/C16H15FN2O/c1-2-18-16(13-8-7-12(17)10-19-13)15-9-11-5-3-4-6-14(11)20-15/h3-10,16,18H,2H2,1H3. The summed E-state index contributed by atoms with van der Waals surface area (Å²) in [6.45, 7) is 2.78. The summed E-state index contributed by atoms with van der Waals surface area (Å²) in [6.07, 6.45) is 1.22. The molecule has 0 aliphatic rings. The molecule has 0 saturated carbocycles. The van der Waals surface area contributed by atoms with Crippen molar-refractivity contribution in [2.45, 2.75) is 13.0 Å². The third-order valence-electron chi connectivity index (χ3n) is 3.18. The van der Waals surface area contributed by atoms with Crippen LogP contribution in [0, 0.1) is 5.82 Å². The lowest BCUT2D eigenvalue weighted by Crippen LogP contribution is -2.22. The van der Waals surface area contributed by atoms with Crippen LogP contribution in [0.15, 0.2) is 53.1 Å². The summed E-state index contributed by atoms with van der Waals surface area (Å²) in [7, 11) is 0. The van der Waals surface area contributed by atoms with E-state index in [9.17, 15) is 4.39 Å². The predicted molar refractivity (Wildman–Crippen MR) is 75.9 cm³/mol. The van der Waals surface area contributed by atoms with E-state index in [1.807, 2.05) is 37.3 Å². The molecule has 4 heteroatoms. The molecule has 1 aromatic carbocycles. The molecule has 0 fully saturated rings. The molecule has 0 saturated heterocycles. The van der Waals surface area contributed by atoms with Crippen molar-refractivity contribution >= 4 is 11.0 Å². The molecule has 0 spiro atoms. The molecule has 20 heavy (non-hydrogen) atoms. The molecule has 1 atom stereocenters. The average Bonchev–Trinajstić information content (AvgIpc) is 2.89. The van der Waals surface area contributed by atoms with Gasteiger partial charge in [-0.1, -0.05) is 25.1 Å². The lowest BCUT2D eigenvalue weighted by atomic mass is 10.1. The van der Waals surface area contributed by atoms with Gasteiger partial charge in [-0.3, -0.25) is 4.98 Å². The van der Waals surface area contributed by atoms with E-state index in [1.54, 1.807) is 6.07 Å². The van der Waals surface area contributed by atoms with Gasteiger partial charge in [0.2, 0.25) is 0 Å². The van der Waals surface area contributed by atoms with Gasteiger partial charge in [0.1, 0.15) is 23.2 Å².